The molecule has 1 aromatic carbocycles. The first-order chi connectivity index (χ1) is 13.1. The number of nitrogens with zero attached hydrogens (tertiary/aromatic N) is 3. The van der Waals surface area contributed by atoms with E-state index in [0.717, 1.165) is 31.4 Å². The van der Waals surface area contributed by atoms with Crippen molar-refractivity contribution in [2.75, 3.05) is 20.2 Å². The number of hydrogen-bond acceptors (Lipinski definition) is 4. The number of carbonyl (C=O) groups excluding carboxylic acids is 1. The number of benzene rings is 1. The van der Waals surface area contributed by atoms with Crippen molar-refractivity contribution in [1.82, 2.24) is 14.5 Å². The van der Waals surface area contributed by atoms with E-state index in [9.17, 15) is 9.90 Å². The van der Waals surface area contributed by atoms with Crippen LogP contribution in [0.5, 0.6) is 0 Å². The maximum atomic E-state index is 11.8. The number of carbonyl (C=O) groups is 1. The molecule has 2 fully saturated rings. The zero-order valence-electron chi connectivity index (χ0n) is 15.5. The van der Waals surface area contributed by atoms with E-state index in [1.165, 1.54) is 18.2 Å². The van der Waals surface area contributed by atoms with Crippen LogP contribution in [-0.4, -0.2) is 52.0 Å². The van der Waals surface area contributed by atoms with E-state index in [1.807, 2.05) is 12.5 Å². The van der Waals surface area contributed by atoms with Crippen LogP contribution < -0.4 is 0 Å². The van der Waals surface area contributed by atoms with Crippen LogP contribution in [0.3, 0.4) is 0 Å². The molecule has 0 radical (unpaired) electrons. The van der Waals surface area contributed by atoms with Gasteiger partial charge < -0.3 is 19.3 Å². The molecule has 2 aromatic rings. The number of aliphatic hydroxyl groups excluding tert-OH is 1. The van der Waals surface area contributed by atoms with Crippen molar-refractivity contribution in [3.63, 3.8) is 0 Å². The molecule has 0 bridgehead atoms. The Bertz CT molecular complexity index is 869. The molecule has 27 heavy (non-hydrogen) atoms. The van der Waals surface area contributed by atoms with Crippen molar-refractivity contribution in [3.8, 4) is 11.3 Å². The van der Waals surface area contributed by atoms with E-state index in [2.05, 4.69) is 33.8 Å². The highest BCUT2D eigenvalue weighted by Crippen LogP contribution is 2.55. The first-order valence-corrected chi connectivity index (χ1v) is 9.77. The van der Waals surface area contributed by atoms with Crippen LogP contribution in [0.15, 0.2) is 36.8 Å². The van der Waals surface area contributed by atoms with Gasteiger partial charge in [0.15, 0.2) is 0 Å². The molecule has 1 aromatic heterocycles. The Balaban J connectivity index is 1.42. The minimum absolute atomic E-state index is 0.0898. The van der Waals surface area contributed by atoms with Gasteiger partial charge in [-0.2, -0.15) is 0 Å². The summed E-state index contributed by atoms with van der Waals surface area (Å²) in [5.74, 6) is 0.172. The first-order valence-electron chi connectivity index (χ1n) is 9.77. The number of fused-ring (bicyclic) bond motifs is 3. The smallest absolute Gasteiger partial charge is 0.409 e. The third kappa shape index (κ3) is 2.35. The SMILES string of the molecule is COC(=O)N1CCC2(CC[C@@H]([C@H]3c4ccccc4-c4cncn43)[C@H]2O)CC1. The number of likely N-dealkylation sites (tertiary alicyclic amines) is 1. The molecule has 6 heteroatoms. The van der Waals surface area contributed by atoms with Crippen LogP contribution in [-0.2, 0) is 4.74 Å². The van der Waals surface area contributed by atoms with E-state index in [0.29, 0.717) is 13.1 Å². The summed E-state index contributed by atoms with van der Waals surface area (Å²) in [6.07, 6.45) is 6.87. The molecule has 142 valence electrons. The highest BCUT2D eigenvalue weighted by atomic mass is 16.5. The quantitative estimate of drug-likeness (QED) is 0.841. The summed E-state index contributed by atoms with van der Waals surface area (Å²) in [5, 5.41) is 11.4. The van der Waals surface area contributed by atoms with Crippen LogP contribution in [0.4, 0.5) is 4.79 Å². The number of imidazole rings is 1. The second kappa shape index (κ2) is 6.09. The van der Waals surface area contributed by atoms with Gasteiger partial charge in [-0.15, -0.1) is 0 Å². The fraction of sp³-hybridized carbons (Fsp3) is 0.524. The van der Waals surface area contributed by atoms with Crippen molar-refractivity contribution >= 4 is 6.09 Å². The number of ether oxygens (including phenoxy) is 1. The summed E-state index contributed by atoms with van der Waals surface area (Å²) in [4.78, 5) is 17.9. The van der Waals surface area contributed by atoms with Crippen molar-refractivity contribution in [2.45, 2.75) is 37.8 Å². The monoisotopic (exact) mass is 367 g/mol. The van der Waals surface area contributed by atoms with Gasteiger partial charge in [-0.05, 0) is 31.2 Å². The topological polar surface area (TPSA) is 67.6 Å². The molecule has 1 spiro atoms. The molecule has 1 saturated heterocycles. The van der Waals surface area contributed by atoms with Gasteiger partial charge in [0.1, 0.15) is 0 Å². The van der Waals surface area contributed by atoms with E-state index in [-0.39, 0.29) is 29.6 Å². The average molecular weight is 367 g/mol. The first kappa shape index (κ1) is 16.8. The highest BCUT2D eigenvalue weighted by molar-refractivity contribution is 5.69. The van der Waals surface area contributed by atoms with E-state index in [1.54, 1.807) is 4.90 Å². The molecule has 3 heterocycles. The van der Waals surface area contributed by atoms with E-state index < -0.39 is 0 Å². The zero-order valence-corrected chi connectivity index (χ0v) is 15.5. The lowest BCUT2D eigenvalue weighted by Gasteiger charge is -2.42. The average Bonchev–Trinajstić information content (AvgIpc) is 3.37. The zero-order chi connectivity index (χ0) is 18.6. The number of aliphatic hydroxyl groups is 1. The molecule has 1 N–H and O–H groups in total. The Labute approximate surface area is 158 Å². The van der Waals surface area contributed by atoms with Crippen molar-refractivity contribution < 1.29 is 14.6 Å². The maximum Gasteiger partial charge on any atom is 0.409 e. The van der Waals surface area contributed by atoms with Crippen LogP contribution in [0.1, 0.15) is 37.3 Å². The molecule has 1 amide bonds. The van der Waals surface area contributed by atoms with Crippen LogP contribution in [0, 0.1) is 11.3 Å². The Morgan fingerprint density at radius 3 is 2.81 bits per heavy atom. The standard InChI is InChI=1S/C21H25N3O3/c1-27-20(26)23-10-8-21(9-11-23)7-6-16(19(21)25)18-15-5-3-2-4-14(15)17-12-22-13-24(17)18/h2-5,12-13,16,18-19,25H,6-11H2,1H3/t16-,18+,19+/m0/s1. The largest absolute Gasteiger partial charge is 0.453 e. The third-order valence-corrected chi connectivity index (χ3v) is 7.13. The summed E-state index contributed by atoms with van der Waals surface area (Å²) >= 11 is 0. The molecular weight excluding hydrogens is 342 g/mol. The number of aromatic nitrogens is 2. The predicted octanol–water partition coefficient (Wildman–Crippen LogP) is 3.07. The second-order valence-corrected chi connectivity index (χ2v) is 8.19. The molecule has 1 aliphatic carbocycles. The lowest BCUT2D eigenvalue weighted by atomic mass is 9.73. The number of piperidine rings is 1. The van der Waals surface area contributed by atoms with E-state index >= 15 is 0 Å². The molecule has 0 unspecified atom stereocenters. The molecule has 3 atom stereocenters. The van der Waals surface area contributed by atoms with Gasteiger partial charge in [0.05, 0.1) is 37.5 Å². The molecule has 6 nitrogen and oxygen atoms in total. The Morgan fingerprint density at radius 1 is 1.26 bits per heavy atom. The summed E-state index contributed by atoms with van der Waals surface area (Å²) in [6.45, 7) is 1.32. The summed E-state index contributed by atoms with van der Waals surface area (Å²) < 4.78 is 7.09. The predicted molar refractivity (Wildman–Crippen MR) is 100 cm³/mol. The molecule has 1 saturated carbocycles. The highest BCUT2D eigenvalue weighted by Gasteiger charge is 2.53. The minimum atomic E-state index is -0.372. The molecule has 3 aliphatic rings. The number of rotatable bonds is 1. The normalized spacial score (nSPS) is 28.2. The van der Waals surface area contributed by atoms with Crippen molar-refractivity contribution in [2.24, 2.45) is 11.3 Å². The summed E-state index contributed by atoms with van der Waals surface area (Å²) in [7, 11) is 1.42. The molecule has 2 aliphatic heterocycles. The van der Waals surface area contributed by atoms with Gasteiger partial charge in [0.2, 0.25) is 0 Å². The Morgan fingerprint density at radius 2 is 2.04 bits per heavy atom. The maximum absolute atomic E-state index is 11.8. The van der Waals surface area contributed by atoms with Crippen LogP contribution in [0.2, 0.25) is 0 Å². The van der Waals surface area contributed by atoms with Gasteiger partial charge in [-0.3, -0.25) is 0 Å². The Hall–Kier alpha value is -2.34. The van der Waals surface area contributed by atoms with Crippen LogP contribution >= 0.6 is 0 Å². The van der Waals surface area contributed by atoms with Crippen molar-refractivity contribution in [1.29, 1.82) is 0 Å². The van der Waals surface area contributed by atoms with E-state index in [4.69, 9.17) is 4.74 Å². The van der Waals surface area contributed by atoms with Gasteiger partial charge >= 0.3 is 6.09 Å². The second-order valence-electron chi connectivity index (χ2n) is 8.19. The molecular formula is C21H25N3O3. The fourth-order valence-corrected chi connectivity index (χ4v) is 5.66. The van der Waals surface area contributed by atoms with Gasteiger partial charge in [-0.1, -0.05) is 24.3 Å². The number of methoxy groups -OCH3 is 1. The minimum Gasteiger partial charge on any atom is -0.453 e. The fourth-order valence-electron chi connectivity index (χ4n) is 5.66. The lowest BCUT2D eigenvalue weighted by molar-refractivity contribution is -0.0239. The van der Waals surface area contributed by atoms with Gasteiger partial charge in [0, 0.05) is 30.0 Å². The van der Waals surface area contributed by atoms with Crippen molar-refractivity contribution in [3.05, 3.63) is 42.4 Å². The van der Waals surface area contributed by atoms with Crippen LogP contribution in [0.25, 0.3) is 11.3 Å². The molecule has 5 rings (SSSR count). The third-order valence-electron chi connectivity index (χ3n) is 7.13. The lowest BCUT2D eigenvalue weighted by Crippen LogP contribution is -2.47. The summed E-state index contributed by atoms with van der Waals surface area (Å²) in [5.41, 5.74) is 3.58. The van der Waals surface area contributed by atoms with Gasteiger partial charge in [-0.25, -0.2) is 9.78 Å². The number of amides is 1. The number of hydrogen-bond donors (Lipinski definition) is 1. The Kier molecular flexibility index (Phi) is 3.79. The summed E-state index contributed by atoms with van der Waals surface area (Å²) in [6, 6.07) is 8.62. The van der Waals surface area contributed by atoms with Gasteiger partial charge in [0.25, 0.3) is 0 Å².